The van der Waals surface area contributed by atoms with Gasteiger partial charge in [-0.1, -0.05) is 0 Å². The summed E-state index contributed by atoms with van der Waals surface area (Å²) < 4.78 is 1.86. The lowest BCUT2D eigenvalue weighted by molar-refractivity contribution is -0.122. The maximum atomic E-state index is 12.3. The molecule has 0 aromatic carbocycles. The van der Waals surface area contributed by atoms with Gasteiger partial charge in [0.2, 0.25) is 5.91 Å². The standard InChI is InChI=1S/C15H23N5O2/c21-14-12(5-1-2-8-17-14)18-15(22)13-6-9-20(19-13)11-4-3-7-16-10-11/h6,9,11-12,16H,1-5,7-8,10H2,(H,17,21)(H,18,22)/t11-,12+/m0/s1. The summed E-state index contributed by atoms with van der Waals surface area (Å²) in [6, 6.07) is 1.58. The average Bonchev–Trinajstić information content (AvgIpc) is 2.96. The van der Waals surface area contributed by atoms with Gasteiger partial charge in [0.1, 0.15) is 11.7 Å². The van der Waals surface area contributed by atoms with Crippen molar-refractivity contribution in [3.63, 3.8) is 0 Å². The predicted molar refractivity (Wildman–Crippen MR) is 81.5 cm³/mol. The fraction of sp³-hybridized carbons (Fsp3) is 0.667. The fourth-order valence-electron chi connectivity index (χ4n) is 3.03. The van der Waals surface area contributed by atoms with Crippen molar-refractivity contribution in [1.29, 1.82) is 0 Å². The molecule has 2 aliphatic heterocycles. The average molecular weight is 305 g/mol. The summed E-state index contributed by atoms with van der Waals surface area (Å²) in [7, 11) is 0. The molecule has 0 bridgehead atoms. The van der Waals surface area contributed by atoms with Crippen LogP contribution in [-0.2, 0) is 4.79 Å². The number of carbonyl (C=O) groups is 2. The van der Waals surface area contributed by atoms with Gasteiger partial charge in [0.05, 0.1) is 6.04 Å². The quantitative estimate of drug-likeness (QED) is 0.745. The van der Waals surface area contributed by atoms with Crippen molar-refractivity contribution in [1.82, 2.24) is 25.7 Å². The Hall–Kier alpha value is -1.89. The third kappa shape index (κ3) is 3.47. The Labute approximate surface area is 129 Å². The summed E-state index contributed by atoms with van der Waals surface area (Å²) in [5.74, 6) is -0.369. The largest absolute Gasteiger partial charge is 0.354 e. The highest BCUT2D eigenvalue weighted by molar-refractivity contribution is 5.96. The number of rotatable bonds is 3. The molecule has 7 nitrogen and oxygen atoms in total. The van der Waals surface area contributed by atoms with Gasteiger partial charge in [0, 0.05) is 19.3 Å². The monoisotopic (exact) mass is 305 g/mol. The van der Waals surface area contributed by atoms with Crippen molar-refractivity contribution in [2.45, 2.75) is 44.2 Å². The molecule has 0 radical (unpaired) electrons. The number of nitrogens with one attached hydrogen (secondary N) is 3. The van der Waals surface area contributed by atoms with Crippen LogP contribution in [0.15, 0.2) is 12.3 Å². The first kappa shape index (κ1) is 15.0. The number of nitrogens with zero attached hydrogens (tertiary/aromatic N) is 2. The molecular weight excluding hydrogens is 282 g/mol. The number of amides is 2. The molecule has 0 spiro atoms. The minimum absolute atomic E-state index is 0.0956. The molecule has 3 N–H and O–H groups in total. The van der Waals surface area contributed by atoms with Crippen LogP contribution in [0.5, 0.6) is 0 Å². The molecule has 22 heavy (non-hydrogen) atoms. The second-order valence-corrected chi connectivity index (χ2v) is 5.99. The van der Waals surface area contributed by atoms with Gasteiger partial charge in [0.25, 0.3) is 5.91 Å². The number of piperidine rings is 1. The van der Waals surface area contributed by atoms with E-state index < -0.39 is 6.04 Å². The molecule has 1 aromatic rings. The van der Waals surface area contributed by atoms with E-state index >= 15 is 0 Å². The summed E-state index contributed by atoms with van der Waals surface area (Å²) in [4.78, 5) is 24.2. The van der Waals surface area contributed by atoms with E-state index in [0.717, 1.165) is 38.8 Å². The summed E-state index contributed by atoms with van der Waals surface area (Å²) in [5, 5.41) is 13.3. The zero-order valence-corrected chi connectivity index (χ0v) is 12.7. The molecule has 0 unspecified atom stereocenters. The van der Waals surface area contributed by atoms with Crippen LogP contribution in [0.2, 0.25) is 0 Å². The van der Waals surface area contributed by atoms with Crippen LogP contribution in [-0.4, -0.2) is 47.3 Å². The molecule has 3 rings (SSSR count). The fourth-order valence-corrected chi connectivity index (χ4v) is 3.03. The molecule has 2 amide bonds. The van der Waals surface area contributed by atoms with Gasteiger partial charge >= 0.3 is 0 Å². The maximum absolute atomic E-state index is 12.3. The van der Waals surface area contributed by atoms with Crippen LogP contribution in [0.1, 0.15) is 48.6 Å². The Balaban J connectivity index is 1.62. The maximum Gasteiger partial charge on any atom is 0.272 e. The Bertz CT molecular complexity index is 536. The topological polar surface area (TPSA) is 88.0 Å². The summed E-state index contributed by atoms with van der Waals surface area (Å²) >= 11 is 0. The van der Waals surface area contributed by atoms with Crippen LogP contribution in [0.4, 0.5) is 0 Å². The van der Waals surface area contributed by atoms with E-state index in [4.69, 9.17) is 0 Å². The lowest BCUT2D eigenvalue weighted by Gasteiger charge is -2.22. The summed E-state index contributed by atoms with van der Waals surface area (Å²) in [5.41, 5.74) is 0.377. The van der Waals surface area contributed by atoms with Gasteiger partial charge < -0.3 is 16.0 Å². The number of hydrogen-bond acceptors (Lipinski definition) is 4. The van der Waals surface area contributed by atoms with E-state index in [1.807, 2.05) is 10.9 Å². The van der Waals surface area contributed by atoms with E-state index in [1.54, 1.807) is 6.07 Å². The van der Waals surface area contributed by atoms with Crippen LogP contribution < -0.4 is 16.0 Å². The third-order valence-corrected chi connectivity index (χ3v) is 4.33. The predicted octanol–water partition coefficient (Wildman–Crippen LogP) is 0.206. The van der Waals surface area contributed by atoms with Crippen LogP contribution in [0.25, 0.3) is 0 Å². The van der Waals surface area contributed by atoms with Crippen molar-refractivity contribution in [3.8, 4) is 0 Å². The third-order valence-electron chi connectivity index (χ3n) is 4.33. The highest BCUT2D eigenvalue weighted by Gasteiger charge is 2.24. The van der Waals surface area contributed by atoms with E-state index in [-0.39, 0.29) is 11.8 Å². The molecule has 7 heteroatoms. The second kappa shape index (κ2) is 6.91. The minimum atomic E-state index is -0.448. The Morgan fingerprint density at radius 3 is 3.00 bits per heavy atom. The van der Waals surface area contributed by atoms with E-state index in [9.17, 15) is 9.59 Å². The minimum Gasteiger partial charge on any atom is -0.354 e. The highest BCUT2D eigenvalue weighted by atomic mass is 16.2. The molecule has 0 aliphatic carbocycles. The Morgan fingerprint density at radius 1 is 1.27 bits per heavy atom. The van der Waals surface area contributed by atoms with Crippen LogP contribution in [0, 0.1) is 0 Å². The normalized spacial score (nSPS) is 26.1. The highest BCUT2D eigenvalue weighted by Crippen LogP contribution is 2.16. The first-order valence-corrected chi connectivity index (χ1v) is 8.08. The van der Waals surface area contributed by atoms with Crippen LogP contribution >= 0.6 is 0 Å². The van der Waals surface area contributed by atoms with Gasteiger partial charge in [0.15, 0.2) is 0 Å². The van der Waals surface area contributed by atoms with Gasteiger partial charge in [-0.3, -0.25) is 14.3 Å². The zero-order valence-electron chi connectivity index (χ0n) is 12.7. The molecule has 2 fully saturated rings. The molecule has 1 aromatic heterocycles. The van der Waals surface area contributed by atoms with E-state index in [2.05, 4.69) is 21.0 Å². The lowest BCUT2D eigenvalue weighted by atomic mass is 10.1. The van der Waals surface area contributed by atoms with Crippen molar-refractivity contribution in [2.24, 2.45) is 0 Å². The van der Waals surface area contributed by atoms with Gasteiger partial charge in [-0.05, 0) is 44.7 Å². The Kier molecular flexibility index (Phi) is 4.72. The van der Waals surface area contributed by atoms with E-state index in [0.29, 0.717) is 24.7 Å². The number of carbonyl (C=O) groups excluding carboxylic acids is 2. The molecule has 120 valence electrons. The second-order valence-electron chi connectivity index (χ2n) is 5.99. The van der Waals surface area contributed by atoms with Crippen molar-refractivity contribution in [2.75, 3.05) is 19.6 Å². The van der Waals surface area contributed by atoms with Crippen molar-refractivity contribution < 1.29 is 9.59 Å². The molecule has 0 saturated carbocycles. The van der Waals surface area contributed by atoms with Gasteiger partial charge in [-0.2, -0.15) is 5.10 Å². The SMILES string of the molecule is O=C(N[C@@H]1CCCCNC1=O)c1ccn([C@H]2CCCNC2)n1. The van der Waals surface area contributed by atoms with Crippen LogP contribution in [0.3, 0.4) is 0 Å². The summed E-state index contributed by atoms with van der Waals surface area (Å²) in [6.07, 6.45) is 6.62. The first-order valence-electron chi connectivity index (χ1n) is 8.08. The number of aromatic nitrogens is 2. The van der Waals surface area contributed by atoms with Crippen molar-refractivity contribution >= 4 is 11.8 Å². The molecule has 2 saturated heterocycles. The molecule has 2 atom stereocenters. The Morgan fingerprint density at radius 2 is 2.18 bits per heavy atom. The first-order chi connectivity index (χ1) is 10.7. The smallest absolute Gasteiger partial charge is 0.272 e. The molecule has 2 aliphatic rings. The van der Waals surface area contributed by atoms with Gasteiger partial charge in [-0.15, -0.1) is 0 Å². The number of hydrogen-bond donors (Lipinski definition) is 3. The van der Waals surface area contributed by atoms with E-state index in [1.165, 1.54) is 0 Å². The van der Waals surface area contributed by atoms with Gasteiger partial charge in [-0.25, -0.2) is 0 Å². The molecular formula is C15H23N5O2. The zero-order chi connectivity index (χ0) is 15.4. The van der Waals surface area contributed by atoms with Crippen molar-refractivity contribution in [3.05, 3.63) is 18.0 Å². The summed E-state index contributed by atoms with van der Waals surface area (Å²) in [6.45, 7) is 2.62. The molecule has 3 heterocycles. The lowest BCUT2D eigenvalue weighted by Crippen LogP contribution is -2.45.